The molecule has 5 nitrogen and oxygen atoms in total. The number of hydrogen-bond donors (Lipinski definition) is 1. The Morgan fingerprint density at radius 1 is 1.24 bits per heavy atom. The van der Waals surface area contributed by atoms with Crippen molar-refractivity contribution in [1.29, 1.82) is 0 Å². The van der Waals surface area contributed by atoms with Crippen molar-refractivity contribution >= 4 is 5.91 Å². The number of carbonyl (C=O) groups excluding carboxylic acids is 1. The van der Waals surface area contributed by atoms with Crippen molar-refractivity contribution in [3.05, 3.63) is 17.3 Å². The molecule has 2 aliphatic rings. The lowest BCUT2D eigenvalue weighted by molar-refractivity contribution is 0.0690. The fourth-order valence-corrected chi connectivity index (χ4v) is 3.22. The molecule has 0 aliphatic carbocycles. The summed E-state index contributed by atoms with van der Waals surface area (Å²) >= 11 is 0. The van der Waals surface area contributed by atoms with Gasteiger partial charge in [-0.15, -0.1) is 0 Å². The number of nitrogens with one attached hydrogen (secondary N) is 1. The predicted molar refractivity (Wildman–Crippen MR) is 80.4 cm³/mol. The van der Waals surface area contributed by atoms with E-state index in [4.69, 9.17) is 4.42 Å². The molecule has 2 saturated heterocycles. The summed E-state index contributed by atoms with van der Waals surface area (Å²) in [6.45, 7) is 7.79. The number of oxazole rings is 1. The lowest BCUT2D eigenvalue weighted by Crippen LogP contribution is -2.38. The summed E-state index contributed by atoms with van der Waals surface area (Å²) in [6.07, 6.45) is 4.25. The first-order valence-corrected chi connectivity index (χ1v) is 8.12. The Kier molecular flexibility index (Phi) is 4.29. The van der Waals surface area contributed by atoms with Crippen LogP contribution in [-0.4, -0.2) is 42.0 Å². The molecule has 0 saturated carbocycles. The number of nitrogens with zero attached hydrogens (tertiary/aromatic N) is 2. The molecule has 5 heteroatoms. The van der Waals surface area contributed by atoms with Gasteiger partial charge >= 0.3 is 0 Å². The molecule has 2 fully saturated rings. The SMILES string of the molecule is Cc1oc(C2CCNCC2)nc1C(=O)N1CCC(C)CC1. The van der Waals surface area contributed by atoms with E-state index in [0.29, 0.717) is 17.4 Å². The monoisotopic (exact) mass is 291 g/mol. The van der Waals surface area contributed by atoms with E-state index in [0.717, 1.165) is 63.7 Å². The maximum Gasteiger partial charge on any atom is 0.276 e. The van der Waals surface area contributed by atoms with Crippen molar-refractivity contribution < 1.29 is 9.21 Å². The van der Waals surface area contributed by atoms with E-state index in [-0.39, 0.29) is 5.91 Å². The Bertz CT molecular complexity index is 498. The highest BCUT2D eigenvalue weighted by Crippen LogP contribution is 2.27. The lowest BCUT2D eigenvalue weighted by Gasteiger charge is -2.29. The first kappa shape index (κ1) is 14.6. The zero-order chi connectivity index (χ0) is 14.8. The largest absolute Gasteiger partial charge is 0.445 e. The van der Waals surface area contributed by atoms with E-state index < -0.39 is 0 Å². The average molecular weight is 291 g/mol. The highest BCUT2D eigenvalue weighted by atomic mass is 16.4. The number of aryl methyl sites for hydroxylation is 1. The average Bonchev–Trinajstić information content (AvgIpc) is 2.90. The van der Waals surface area contributed by atoms with Crippen molar-refractivity contribution in [2.24, 2.45) is 5.92 Å². The van der Waals surface area contributed by atoms with Crippen LogP contribution in [0.5, 0.6) is 0 Å². The Morgan fingerprint density at radius 2 is 1.90 bits per heavy atom. The molecule has 0 spiro atoms. The number of hydrogen-bond acceptors (Lipinski definition) is 4. The number of rotatable bonds is 2. The molecule has 1 aromatic heterocycles. The van der Waals surface area contributed by atoms with Gasteiger partial charge in [0.1, 0.15) is 5.76 Å². The third kappa shape index (κ3) is 3.12. The summed E-state index contributed by atoms with van der Waals surface area (Å²) in [7, 11) is 0. The fourth-order valence-electron chi connectivity index (χ4n) is 3.22. The molecule has 2 aliphatic heterocycles. The number of piperidine rings is 2. The van der Waals surface area contributed by atoms with Crippen molar-refractivity contribution in [2.75, 3.05) is 26.2 Å². The van der Waals surface area contributed by atoms with Crippen LogP contribution in [0, 0.1) is 12.8 Å². The van der Waals surface area contributed by atoms with Gasteiger partial charge in [-0.1, -0.05) is 6.92 Å². The molecule has 1 aromatic rings. The third-order valence-corrected chi connectivity index (χ3v) is 4.77. The number of likely N-dealkylation sites (tertiary alicyclic amines) is 1. The van der Waals surface area contributed by atoms with Crippen LogP contribution in [0.2, 0.25) is 0 Å². The Balaban J connectivity index is 1.72. The van der Waals surface area contributed by atoms with Crippen LogP contribution in [0.15, 0.2) is 4.42 Å². The normalized spacial score (nSPS) is 21.7. The van der Waals surface area contributed by atoms with Gasteiger partial charge in [0.2, 0.25) is 0 Å². The quantitative estimate of drug-likeness (QED) is 0.908. The van der Waals surface area contributed by atoms with Crippen LogP contribution >= 0.6 is 0 Å². The molecule has 0 atom stereocenters. The molecule has 116 valence electrons. The van der Waals surface area contributed by atoms with Crippen LogP contribution in [0.3, 0.4) is 0 Å². The van der Waals surface area contributed by atoms with Gasteiger partial charge in [0.25, 0.3) is 5.91 Å². The highest BCUT2D eigenvalue weighted by Gasteiger charge is 2.28. The van der Waals surface area contributed by atoms with Crippen molar-refractivity contribution in [3.8, 4) is 0 Å². The Morgan fingerprint density at radius 3 is 2.57 bits per heavy atom. The summed E-state index contributed by atoms with van der Waals surface area (Å²) < 4.78 is 5.80. The highest BCUT2D eigenvalue weighted by molar-refractivity contribution is 5.93. The van der Waals surface area contributed by atoms with Crippen LogP contribution in [0.1, 0.15) is 60.7 Å². The van der Waals surface area contributed by atoms with Gasteiger partial charge in [-0.25, -0.2) is 4.98 Å². The Labute approximate surface area is 126 Å². The second-order valence-electron chi connectivity index (χ2n) is 6.46. The smallest absolute Gasteiger partial charge is 0.276 e. The lowest BCUT2D eigenvalue weighted by atomic mass is 9.98. The minimum absolute atomic E-state index is 0.0448. The van der Waals surface area contributed by atoms with E-state index in [1.807, 2.05) is 11.8 Å². The molecular weight excluding hydrogens is 266 g/mol. The van der Waals surface area contributed by atoms with Gasteiger partial charge in [-0.2, -0.15) is 0 Å². The molecule has 1 N–H and O–H groups in total. The summed E-state index contributed by atoms with van der Waals surface area (Å²) in [6, 6.07) is 0. The number of amides is 1. The molecule has 3 rings (SSSR count). The first-order chi connectivity index (χ1) is 10.1. The van der Waals surface area contributed by atoms with Gasteiger partial charge in [0.05, 0.1) is 0 Å². The van der Waals surface area contributed by atoms with Crippen LogP contribution in [-0.2, 0) is 0 Å². The van der Waals surface area contributed by atoms with Crippen LogP contribution in [0.25, 0.3) is 0 Å². The topological polar surface area (TPSA) is 58.4 Å². The third-order valence-electron chi connectivity index (χ3n) is 4.77. The number of carbonyl (C=O) groups is 1. The summed E-state index contributed by atoms with van der Waals surface area (Å²) in [5.41, 5.74) is 0.526. The van der Waals surface area contributed by atoms with Gasteiger partial charge in [-0.3, -0.25) is 4.79 Å². The van der Waals surface area contributed by atoms with Gasteiger partial charge in [0, 0.05) is 19.0 Å². The van der Waals surface area contributed by atoms with Crippen molar-refractivity contribution in [3.63, 3.8) is 0 Å². The molecule has 1 amide bonds. The minimum atomic E-state index is 0.0448. The molecule has 0 radical (unpaired) electrons. The standard InChI is InChI=1S/C16H25N3O2/c1-11-5-9-19(10-6-11)16(20)14-12(2)21-15(18-14)13-3-7-17-8-4-13/h11,13,17H,3-10H2,1-2H3. The number of aromatic nitrogens is 1. The van der Waals surface area contributed by atoms with E-state index in [1.165, 1.54) is 0 Å². The van der Waals surface area contributed by atoms with Crippen LogP contribution < -0.4 is 5.32 Å². The van der Waals surface area contributed by atoms with E-state index in [1.54, 1.807) is 0 Å². The first-order valence-electron chi connectivity index (χ1n) is 8.12. The second-order valence-corrected chi connectivity index (χ2v) is 6.46. The Hall–Kier alpha value is -1.36. The van der Waals surface area contributed by atoms with Gasteiger partial charge in [0.15, 0.2) is 11.6 Å². The summed E-state index contributed by atoms with van der Waals surface area (Å²) in [4.78, 5) is 19.1. The zero-order valence-electron chi connectivity index (χ0n) is 13.0. The van der Waals surface area contributed by atoms with Gasteiger partial charge in [-0.05, 0) is 51.6 Å². The zero-order valence-corrected chi connectivity index (χ0v) is 13.0. The molecule has 0 aromatic carbocycles. The van der Waals surface area contributed by atoms with E-state index in [9.17, 15) is 4.79 Å². The van der Waals surface area contributed by atoms with Crippen molar-refractivity contribution in [2.45, 2.75) is 45.4 Å². The molecule has 0 unspecified atom stereocenters. The molecule has 0 bridgehead atoms. The minimum Gasteiger partial charge on any atom is -0.445 e. The van der Waals surface area contributed by atoms with Crippen LogP contribution in [0.4, 0.5) is 0 Å². The molecule has 3 heterocycles. The fraction of sp³-hybridized carbons (Fsp3) is 0.750. The van der Waals surface area contributed by atoms with E-state index in [2.05, 4.69) is 17.2 Å². The summed E-state index contributed by atoms with van der Waals surface area (Å²) in [5.74, 6) is 2.55. The maximum absolute atomic E-state index is 12.6. The van der Waals surface area contributed by atoms with Gasteiger partial charge < -0.3 is 14.6 Å². The summed E-state index contributed by atoms with van der Waals surface area (Å²) in [5, 5.41) is 3.34. The molecular formula is C16H25N3O2. The van der Waals surface area contributed by atoms with E-state index >= 15 is 0 Å². The van der Waals surface area contributed by atoms with Crippen molar-refractivity contribution in [1.82, 2.24) is 15.2 Å². The second kappa shape index (κ2) is 6.18. The maximum atomic E-state index is 12.6. The predicted octanol–water partition coefficient (Wildman–Crippen LogP) is 2.32. The molecule has 21 heavy (non-hydrogen) atoms.